The highest BCUT2D eigenvalue weighted by Gasteiger charge is 2.25. The number of hydrogen-bond acceptors (Lipinski definition) is 14. The van der Waals surface area contributed by atoms with Gasteiger partial charge in [-0.25, -0.2) is 15.4 Å². The zero-order chi connectivity index (χ0) is 33.5. The third-order valence-electron chi connectivity index (χ3n) is 7.30. The Kier molecular flexibility index (Phi) is 14.5. The first-order valence-electron chi connectivity index (χ1n) is 14.9. The second-order valence-electron chi connectivity index (χ2n) is 10.4. The Bertz CT molecular complexity index is 1370. The van der Waals surface area contributed by atoms with E-state index in [0.717, 1.165) is 5.56 Å². The molecule has 4 rings (SSSR count). The second-order valence-corrected chi connectivity index (χ2v) is 10.4. The van der Waals surface area contributed by atoms with Crippen molar-refractivity contribution in [3.63, 3.8) is 0 Å². The minimum atomic E-state index is -0.593. The number of nitrogens with one attached hydrogen (secondary N) is 2. The van der Waals surface area contributed by atoms with E-state index in [2.05, 4.69) is 26.9 Å². The summed E-state index contributed by atoms with van der Waals surface area (Å²) >= 11 is 0. The molecule has 2 aliphatic rings. The summed E-state index contributed by atoms with van der Waals surface area (Å²) in [5.74, 6) is 1.22. The maximum Gasteiger partial charge on any atom is 0.277 e. The van der Waals surface area contributed by atoms with Crippen LogP contribution in [0.15, 0.2) is 46.0 Å². The molecule has 1 aromatic carbocycles. The minimum Gasteiger partial charge on any atom is -0.393 e. The molecule has 2 aliphatic heterocycles. The molecule has 2 aromatic rings. The molecule has 250 valence electrons. The lowest BCUT2D eigenvalue weighted by atomic mass is 10.1. The van der Waals surface area contributed by atoms with Gasteiger partial charge in [0.15, 0.2) is 17.5 Å². The lowest BCUT2D eigenvalue weighted by molar-refractivity contribution is -0.124. The van der Waals surface area contributed by atoms with Crippen LogP contribution < -0.4 is 26.3 Å². The molecule has 0 saturated carbocycles. The first-order valence-corrected chi connectivity index (χ1v) is 14.9. The molecule has 0 radical (unpaired) electrons. The van der Waals surface area contributed by atoms with Gasteiger partial charge in [-0.2, -0.15) is 0 Å². The third-order valence-corrected chi connectivity index (χ3v) is 7.30. The van der Waals surface area contributed by atoms with Gasteiger partial charge in [0.1, 0.15) is 5.69 Å². The van der Waals surface area contributed by atoms with Crippen LogP contribution in [0.1, 0.15) is 10.4 Å². The SMILES string of the molecule is C=Nc1c(N(C)CCN)nc(-c2cccc(C(=O)N3CCN(CO)CC3)c2)nc1N1CCOCC1.CN=C/C(=C\NC)C(=O)NO. The fourth-order valence-electron chi connectivity index (χ4n) is 4.85. The van der Waals surface area contributed by atoms with E-state index in [0.29, 0.717) is 94.3 Å². The van der Waals surface area contributed by atoms with Crippen molar-refractivity contribution in [2.75, 3.05) is 103 Å². The summed E-state index contributed by atoms with van der Waals surface area (Å²) in [5.41, 5.74) is 9.51. The monoisotopic (exact) mass is 639 g/mol. The minimum absolute atomic E-state index is 0.0107. The molecule has 3 heterocycles. The first-order chi connectivity index (χ1) is 22.3. The van der Waals surface area contributed by atoms with E-state index in [1.54, 1.807) is 7.05 Å². The zero-order valence-electron chi connectivity index (χ0n) is 26.7. The van der Waals surface area contributed by atoms with E-state index in [-0.39, 0.29) is 18.2 Å². The summed E-state index contributed by atoms with van der Waals surface area (Å²) in [6.45, 7) is 9.92. The van der Waals surface area contributed by atoms with Crippen LogP contribution in [-0.4, -0.2) is 148 Å². The van der Waals surface area contributed by atoms with E-state index < -0.39 is 5.91 Å². The maximum absolute atomic E-state index is 13.2. The number of carbonyl (C=O) groups is 2. The van der Waals surface area contributed by atoms with Crippen molar-refractivity contribution in [3.05, 3.63) is 41.6 Å². The zero-order valence-corrected chi connectivity index (χ0v) is 26.7. The van der Waals surface area contributed by atoms with Gasteiger partial charge in [-0.15, -0.1) is 0 Å². The fourth-order valence-corrected chi connectivity index (χ4v) is 4.85. The third kappa shape index (κ3) is 9.51. The molecule has 16 nitrogen and oxygen atoms in total. The quantitative estimate of drug-likeness (QED) is 0.0934. The van der Waals surface area contributed by atoms with Crippen molar-refractivity contribution in [3.8, 4) is 11.4 Å². The second kappa shape index (κ2) is 18.5. The van der Waals surface area contributed by atoms with Crippen molar-refractivity contribution >= 4 is 42.1 Å². The molecular formula is C30H45N11O5. The Morgan fingerprint density at radius 1 is 1.17 bits per heavy atom. The fraction of sp³-hybridized carbons (Fsp3) is 0.467. The number of ether oxygens (including phenoxy) is 1. The number of benzene rings is 1. The van der Waals surface area contributed by atoms with Crippen LogP contribution in [0.25, 0.3) is 11.4 Å². The lowest BCUT2D eigenvalue weighted by Crippen LogP contribution is -2.48. The molecule has 0 spiro atoms. The number of carbonyl (C=O) groups excluding carboxylic acids is 2. The largest absolute Gasteiger partial charge is 0.393 e. The Morgan fingerprint density at radius 3 is 2.48 bits per heavy atom. The van der Waals surface area contributed by atoms with Gasteiger partial charge in [0, 0.05) is 97.0 Å². The van der Waals surface area contributed by atoms with Crippen molar-refractivity contribution in [1.29, 1.82) is 0 Å². The van der Waals surface area contributed by atoms with E-state index in [1.165, 1.54) is 24.9 Å². The molecule has 16 heteroatoms. The van der Waals surface area contributed by atoms with Crippen LogP contribution >= 0.6 is 0 Å². The van der Waals surface area contributed by atoms with E-state index in [9.17, 15) is 14.7 Å². The predicted molar refractivity (Wildman–Crippen MR) is 178 cm³/mol. The normalized spacial score (nSPS) is 15.7. The lowest BCUT2D eigenvalue weighted by Gasteiger charge is -2.33. The van der Waals surface area contributed by atoms with Gasteiger partial charge in [-0.05, 0) is 18.9 Å². The van der Waals surface area contributed by atoms with Gasteiger partial charge >= 0.3 is 0 Å². The van der Waals surface area contributed by atoms with Crippen molar-refractivity contribution in [2.24, 2.45) is 15.7 Å². The highest BCUT2D eigenvalue weighted by atomic mass is 16.5. The summed E-state index contributed by atoms with van der Waals surface area (Å²) in [6.07, 6.45) is 2.76. The molecule has 1 aromatic heterocycles. The number of aliphatic imine (C=N–C) groups is 2. The Hall–Kier alpha value is -4.48. The van der Waals surface area contributed by atoms with Gasteiger partial charge in [-0.1, -0.05) is 12.1 Å². The summed E-state index contributed by atoms with van der Waals surface area (Å²) in [5, 5.41) is 20.2. The van der Waals surface area contributed by atoms with Crippen LogP contribution in [-0.2, 0) is 9.53 Å². The molecule has 0 bridgehead atoms. The molecule has 2 fully saturated rings. The topological polar surface area (TPSA) is 197 Å². The first kappa shape index (κ1) is 36.0. The highest BCUT2D eigenvalue weighted by Crippen LogP contribution is 2.37. The van der Waals surface area contributed by atoms with Crippen molar-refractivity contribution in [1.82, 2.24) is 30.6 Å². The molecule has 0 atom stereocenters. The summed E-state index contributed by atoms with van der Waals surface area (Å²) < 4.78 is 5.52. The number of aliphatic hydroxyl groups excluding tert-OH is 1. The van der Waals surface area contributed by atoms with E-state index >= 15 is 0 Å². The Morgan fingerprint density at radius 2 is 1.89 bits per heavy atom. The number of aliphatic hydroxyl groups is 1. The molecule has 2 amide bonds. The average molecular weight is 640 g/mol. The molecule has 2 saturated heterocycles. The van der Waals surface area contributed by atoms with Gasteiger partial charge in [0.05, 0.1) is 25.5 Å². The van der Waals surface area contributed by atoms with Gasteiger partial charge in [-0.3, -0.25) is 29.7 Å². The van der Waals surface area contributed by atoms with Crippen LogP contribution in [0.4, 0.5) is 17.3 Å². The average Bonchev–Trinajstić information content (AvgIpc) is 3.11. The molecule has 0 aliphatic carbocycles. The summed E-state index contributed by atoms with van der Waals surface area (Å²) in [7, 11) is 5.10. The van der Waals surface area contributed by atoms with Gasteiger partial charge in [0.25, 0.3) is 11.8 Å². The molecule has 46 heavy (non-hydrogen) atoms. The number of nitrogens with zero attached hydrogens (tertiary/aromatic N) is 8. The number of likely N-dealkylation sites (N-methyl/N-ethyl adjacent to an activating group) is 1. The predicted octanol–water partition coefficient (Wildman–Crippen LogP) is -0.289. The van der Waals surface area contributed by atoms with Gasteiger partial charge in [0.2, 0.25) is 0 Å². The van der Waals surface area contributed by atoms with Crippen LogP contribution in [0.2, 0.25) is 0 Å². The van der Waals surface area contributed by atoms with Crippen molar-refractivity contribution < 1.29 is 24.6 Å². The Balaban J connectivity index is 0.000000449. The number of amides is 2. The Labute approximate surface area is 269 Å². The number of hydrogen-bond donors (Lipinski definition) is 5. The number of anilines is 2. The van der Waals surface area contributed by atoms with Crippen LogP contribution in [0, 0.1) is 0 Å². The molecule has 0 unspecified atom stereocenters. The van der Waals surface area contributed by atoms with Crippen LogP contribution in [0.5, 0.6) is 0 Å². The number of nitrogens with two attached hydrogens (primary N) is 1. The standard InChI is InChI=1S/C24H34N8O3.C6H11N3O2/c1-26-20-22(29(2)7-6-25)27-21(28-23(20)31-12-14-35-15-13-31)18-4-3-5-19(16-18)24(34)32-10-8-30(17-33)9-11-32;1-7-3-5(4-8-2)6(10)9-11/h3-5,16,33H,1,6-15,17,25H2,2H3;3-4,7,11H,1-2H3,(H,9,10)/b;5-3+,8-4?. The summed E-state index contributed by atoms with van der Waals surface area (Å²) in [4.78, 5) is 49.3. The number of rotatable bonds is 11. The van der Waals surface area contributed by atoms with Crippen LogP contribution in [0.3, 0.4) is 0 Å². The van der Waals surface area contributed by atoms with E-state index in [1.807, 2.05) is 46.0 Å². The molecular weight excluding hydrogens is 594 g/mol. The smallest absolute Gasteiger partial charge is 0.277 e. The number of hydroxylamine groups is 1. The number of piperazine rings is 1. The van der Waals surface area contributed by atoms with E-state index in [4.69, 9.17) is 25.6 Å². The number of morpholine rings is 1. The molecule has 6 N–H and O–H groups in total. The van der Waals surface area contributed by atoms with Crippen molar-refractivity contribution in [2.45, 2.75) is 0 Å². The number of aromatic nitrogens is 2. The van der Waals surface area contributed by atoms with Gasteiger partial charge < -0.3 is 35.6 Å². The highest BCUT2D eigenvalue weighted by molar-refractivity contribution is 6.11. The maximum atomic E-state index is 13.2. The summed E-state index contributed by atoms with van der Waals surface area (Å²) in [6, 6.07) is 7.42.